The fraction of sp³-hybridized carbons (Fsp3) is 0.250. The Morgan fingerprint density at radius 2 is 1.86 bits per heavy atom. The summed E-state index contributed by atoms with van der Waals surface area (Å²) in [5.74, 6) is 0.472. The van der Waals surface area contributed by atoms with E-state index in [1.807, 2.05) is 37.3 Å². The van der Waals surface area contributed by atoms with Gasteiger partial charge in [-0.3, -0.25) is 0 Å². The van der Waals surface area contributed by atoms with E-state index in [2.05, 4.69) is 4.72 Å². The molecule has 118 valence electrons. The second kappa shape index (κ2) is 7.13. The first-order valence-corrected chi connectivity index (χ1v) is 8.80. The Hall–Kier alpha value is -1.56. The van der Waals surface area contributed by atoms with E-state index in [0.717, 1.165) is 5.56 Å². The first-order chi connectivity index (χ1) is 10.4. The van der Waals surface area contributed by atoms with E-state index in [1.165, 1.54) is 12.1 Å². The van der Waals surface area contributed by atoms with Crippen LogP contribution in [0.1, 0.15) is 25.5 Å². The van der Waals surface area contributed by atoms with E-state index in [0.29, 0.717) is 12.4 Å². The van der Waals surface area contributed by atoms with Crippen LogP contribution in [0.4, 0.5) is 0 Å². The molecule has 0 saturated carbocycles. The molecule has 22 heavy (non-hydrogen) atoms. The average molecular weight is 340 g/mol. The minimum absolute atomic E-state index is 0.115. The van der Waals surface area contributed by atoms with Gasteiger partial charge in [-0.25, -0.2) is 13.1 Å². The smallest absolute Gasteiger partial charge is 0.241 e. The summed E-state index contributed by atoms with van der Waals surface area (Å²) in [5.41, 5.74) is 0.892. The molecule has 0 radical (unpaired) electrons. The number of rotatable bonds is 6. The van der Waals surface area contributed by atoms with E-state index < -0.39 is 10.0 Å². The van der Waals surface area contributed by atoms with Crippen molar-refractivity contribution in [3.63, 3.8) is 0 Å². The number of halogens is 1. The predicted molar refractivity (Wildman–Crippen MR) is 87.8 cm³/mol. The standard InChI is InChI=1S/C16H18ClNO3S/c1-3-21-16-10-9-14(11-15(16)17)22(19,20)18-12(2)13-7-5-4-6-8-13/h4-12,18H,3H2,1-2H3/t12-/m0/s1. The van der Waals surface area contributed by atoms with Gasteiger partial charge in [-0.2, -0.15) is 0 Å². The maximum absolute atomic E-state index is 12.4. The van der Waals surface area contributed by atoms with E-state index >= 15 is 0 Å². The number of benzene rings is 2. The minimum Gasteiger partial charge on any atom is -0.492 e. The fourth-order valence-corrected chi connectivity index (χ4v) is 3.59. The zero-order valence-corrected chi connectivity index (χ0v) is 14.0. The fourth-order valence-electron chi connectivity index (χ4n) is 2.03. The number of ether oxygens (including phenoxy) is 1. The topological polar surface area (TPSA) is 55.4 Å². The van der Waals surface area contributed by atoms with Gasteiger partial charge in [-0.1, -0.05) is 41.9 Å². The third-order valence-electron chi connectivity index (χ3n) is 3.14. The average Bonchev–Trinajstić information content (AvgIpc) is 2.50. The van der Waals surface area contributed by atoms with Crippen LogP contribution in [0.3, 0.4) is 0 Å². The van der Waals surface area contributed by atoms with E-state index in [-0.39, 0.29) is 16.0 Å². The zero-order chi connectivity index (χ0) is 16.2. The van der Waals surface area contributed by atoms with Crippen LogP contribution in [0.25, 0.3) is 0 Å². The van der Waals surface area contributed by atoms with Crippen LogP contribution >= 0.6 is 11.6 Å². The summed E-state index contributed by atoms with van der Waals surface area (Å²) < 4.78 is 32.8. The third-order valence-corrected chi connectivity index (χ3v) is 4.98. The number of nitrogens with one attached hydrogen (secondary N) is 1. The summed E-state index contributed by atoms with van der Waals surface area (Å²) in [7, 11) is -3.65. The first-order valence-electron chi connectivity index (χ1n) is 6.93. The molecule has 0 aliphatic heterocycles. The predicted octanol–water partition coefficient (Wildman–Crippen LogP) is 3.78. The molecule has 0 unspecified atom stereocenters. The molecule has 0 saturated heterocycles. The van der Waals surface area contributed by atoms with Gasteiger partial charge >= 0.3 is 0 Å². The molecule has 6 heteroatoms. The van der Waals surface area contributed by atoms with Crippen molar-refractivity contribution in [2.24, 2.45) is 0 Å². The molecule has 4 nitrogen and oxygen atoms in total. The molecule has 0 fully saturated rings. The number of hydrogen-bond donors (Lipinski definition) is 1. The Bertz CT molecular complexity index is 732. The highest BCUT2D eigenvalue weighted by molar-refractivity contribution is 7.89. The first kappa shape index (κ1) is 16.8. The molecule has 0 aliphatic carbocycles. The van der Waals surface area contributed by atoms with Crippen molar-refractivity contribution in [3.05, 3.63) is 59.1 Å². The van der Waals surface area contributed by atoms with E-state index in [4.69, 9.17) is 16.3 Å². The second-order valence-electron chi connectivity index (χ2n) is 4.78. The maximum Gasteiger partial charge on any atom is 0.241 e. The number of hydrogen-bond acceptors (Lipinski definition) is 3. The lowest BCUT2D eigenvalue weighted by molar-refractivity contribution is 0.340. The van der Waals surface area contributed by atoms with Crippen molar-refractivity contribution >= 4 is 21.6 Å². The normalized spacial score (nSPS) is 12.9. The van der Waals surface area contributed by atoms with Crippen LogP contribution in [-0.4, -0.2) is 15.0 Å². The minimum atomic E-state index is -3.65. The summed E-state index contributed by atoms with van der Waals surface area (Å²) in [5, 5.41) is 0.275. The zero-order valence-electron chi connectivity index (χ0n) is 12.4. The largest absolute Gasteiger partial charge is 0.492 e. The molecule has 0 amide bonds. The lowest BCUT2D eigenvalue weighted by atomic mass is 10.1. The molecular weight excluding hydrogens is 322 g/mol. The summed E-state index contributed by atoms with van der Waals surface area (Å²) >= 11 is 6.05. The highest BCUT2D eigenvalue weighted by Gasteiger charge is 2.19. The molecule has 2 aromatic rings. The Morgan fingerprint density at radius 3 is 2.45 bits per heavy atom. The van der Waals surface area contributed by atoms with Crippen LogP contribution in [-0.2, 0) is 10.0 Å². The van der Waals surface area contributed by atoms with Crippen molar-refractivity contribution in [2.45, 2.75) is 24.8 Å². The lowest BCUT2D eigenvalue weighted by Gasteiger charge is -2.15. The van der Waals surface area contributed by atoms with Gasteiger partial charge in [-0.05, 0) is 37.6 Å². The van der Waals surface area contributed by atoms with Crippen LogP contribution in [0.2, 0.25) is 5.02 Å². The monoisotopic (exact) mass is 339 g/mol. The summed E-state index contributed by atoms with van der Waals surface area (Å²) in [4.78, 5) is 0.115. The quantitative estimate of drug-likeness (QED) is 0.871. The van der Waals surface area contributed by atoms with Crippen molar-refractivity contribution in [2.75, 3.05) is 6.61 Å². The third kappa shape index (κ3) is 4.00. The van der Waals surface area contributed by atoms with Gasteiger partial charge in [0.05, 0.1) is 16.5 Å². The van der Waals surface area contributed by atoms with Crippen LogP contribution in [0.5, 0.6) is 5.75 Å². The highest BCUT2D eigenvalue weighted by atomic mass is 35.5. The second-order valence-corrected chi connectivity index (χ2v) is 6.90. The molecule has 2 rings (SSSR count). The van der Waals surface area contributed by atoms with Gasteiger partial charge in [0.15, 0.2) is 0 Å². The van der Waals surface area contributed by atoms with Crippen LogP contribution in [0.15, 0.2) is 53.4 Å². The molecule has 0 aromatic heterocycles. The molecule has 0 bridgehead atoms. The molecule has 0 aliphatic rings. The van der Waals surface area contributed by atoms with Crippen molar-refractivity contribution in [3.8, 4) is 5.75 Å². The SMILES string of the molecule is CCOc1ccc(S(=O)(=O)N[C@@H](C)c2ccccc2)cc1Cl. The van der Waals surface area contributed by atoms with Gasteiger partial charge in [0.1, 0.15) is 5.75 Å². The summed E-state index contributed by atoms with van der Waals surface area (Å²) in [6.45, 7) is 4.10. The van der Waals surface area contributed by atoms with Gasteiger partial charge in [0.25, 0.3) is 0 Å². The van der Waals surface area contributed by atoms with Crippen molar-refractivity contribution in [1.82, 2.24) is 4.72 Å². The van der Waals surface area contributed by atoms with Gasteiger partial charge in [0, 0.05) is 6.04 Å². The van der Waals surface area contributed by atoms with E-state index in [1.54, 1.807) is 13.0 Å². The van der Waals surface area contributed by atoms with Crippen molar-refractivity contribution in [1.29, 1.82) is 0 Å². The van der Waals surface area contributed by atoms with Crippen molar-refractivity contribution < 1.29 is 13.2 Å². The van der Waals surface area contributed by atoms with Gasteiger partial charge in [0.2, 0.25) is 10.0 Å². The molecule has 1 atom stereocenters. The van der Waals surface area contributed by atoms with Crippen LogP contribution in [0, 0.1) is 0 Å². The molecular formula is C16H18ClNO3S. The lowest BCUT2D eigenvalue weighted by Crippen LogP contribution is -2.26. The Kier molecular flexibility index (Phi) is 5.45. The van der Waals surface area contributed by atoms with Crippen LogP contribution < -0.4 is 9.46 Å². The molecule has 0 heterocycles. The number of sulfonamides is 1. The summed E-state index contributed by atoms with van der Waals surface area (Å²) in [6.07, 6.45) is 0. The Morgan fingerprint density at radius 1 is 1.18 bits per heavy atom. The highest BCUT2D eigenvalue weighted by Crippen LogP contribution is 2.28. The van der Waals surface area contributed by atoms with Gasteiger partial charge < -0.3 is 4.74 Å². The molecule has 0 spiro atoms. The Labute approximate surface area is 136 Å². The Balaban J connectivity index is 2.22. The molecule has 1 N–H and O–H groups in total. The van der Waals surface area contributed by atoms with Gasteiger partial charge in [-0.15, -0.1) is 0 Å². The summed E-state index contributed by atoms with van der Waals surface area (Å²) in [6, 6.07) is 13.5. The van der Waals surface area contributed by atoms with E-state index in [9.17, 15) is 8.42 Å². The maximum atomic E-state index is 12.4. The molecule has 2 aromatic carbocycles.